The van der Waals surface area contributed by atoms with E-state index in [1.165, 1.54) is 0 Å². The number of nitrogens with zero attached hydrogens (tertiary/aromatic N) is 1. The molecule has 1 aliphatic rings. The lowest BCUT2D eigenvalue weighted by atomic mass is 10.3. The van der Waals surface area contributed by atoms with E-state index in [0.29, 0.717) is 11.7 Å². The summed E-state index contributed by atoms with van der Waals surface area (Å²) in [6, 6.07) is 0. The molecule has 1 fully saturated rings. The van der Waals surface area contributed by atoms with Crippen molar-refractivity contribution in [3.8, 4) is 0 Å². The highest BCUT2D eigenvalue weighted by atomic mass is 32.2. The minimum absolute atomic E-state index is 0.279. The van der Waals surface area contributed by atoms with E-state index in [9.17, 15) is 4.79 Å². The van der Waals surface area contributed by atoms with Crippen LogP contribution in [0.5, 0.6) is 0 Å². The van der Waals surface area contributed by atoms with Crippen LogP contribution in [0.2, 0.25) is 0 Å². The van der Waals surface area contributed by atoms with Gasteiger partial charge >= 0.3 is 0 Å². The van der Waals surface area contributed by atoms with Crippen LogP contribution in [0.4, 0.5) is 0 Å². The number of rotatable bonds is 0. The van der Waals surface area contributed by atoms with Crippen LogP contribution in [-0.2, 0) is 4.79 Å². The van der Waals surface area contributed by atoms with Crippen molar-refractivity contribution < 1.29 is 4.79 Å². The SMILES string of the molecule is CC1CC(=O)N(C)CS1. The van der Waals surface area contributed by atoms with Crippen LogP contribution in [0.25, 0.3) is 0 Å². The molecular formula is C6H11NOS. The van der Waals surface area contributed by atoms with Crippen molar-refractivity contribution in [1.29, 1.82) is 0 Å². The van der Waals surface area contributed by atoms with Crippen LogP contribution >= 0.6 is 11.8 Å². The maximum absolute atomic E-state index is 10.9. The van der Waals surface area contributed by atoms with Gasteiger partial charge in [0.25, 0.3) is 0 Å². The second kappa shape index (κ2) is 2.60. The summed E-state index contributed by atoms with van der Waals surface area (Å²) in [6.45, 7) is 2.09. The normalized spacial score (nSPS) is 28.9. The Morgan fingerprint density at radius 1 is 1.78 bits per heavy atom. The zero-order valence-corrected chi connectivity index (χ0v) is 6.57. The number of hydrogen-bond donors (Lipinski definition) is 0. The summed E-state index contributed by atoms with van der Waals surface area (Å²) in [5.41, 5.74) is 0. The third-order valence-electron chi connectivity index (χ3n) is 1.44. The van der Waals surface area contributed by atoms with Crippen molar-refractivity contribution in [2.45, 2.75) is 18.6 Å². The minimum Gasteiger partial charge on any atom is -0.336 e. The van der Waals surface area contributed by atoms with Crippen molar-refractivity contribution in [3.05, 3.63) is 0 Å². The maximum atomic E-state index is 10.9. The molecule has 1 rings (SSSR count). The fourth-order valence-electron chi connectivity index (χ4n) is 0.772. The molecule has 0 saturated carbocycles. The molecule has 0 aliphatic carbocycles. The lowest BCUT2D eigenvalue weighted by Gasteiger charge is -2.25. The van der Waals surface area contributed by atoms with Crippen molar-refractivity contribution in [3.63, 3.8) is 0 Å². The molecule has 1 aliphatic heterocycles. The molecule has 3 heteroatoms. The van der Waals surface area contributed by atoms with Gasteiger partial charge in [-0.15, -0.1) is 11.8 Å². The van der Waals surface area contributed by atoms with E-state index >= 15 is 0 Å². The molecule has 0 bridgehead atoms. The molecule has 0 spiro atoms. The Morgan fingerprint density at radius 2 is 2.44 bits per heavy atom. The minimum atomic E-state index is 0.279. The van der Waals surface area contributed by atoms with E-state index in [4.69, 9.17) is 0 Å². The Bertz CT molecular complexity index is 126. The first-order chi connectivity index (χ1) is 4.20. The molecule has 0 aromatic heterocycles. The standard InChI is InChI=1S/C6H11NOS/c1-5-3-6(8)7(2)4-9-5/h5H,3-4H2,1-2H3. The highest BCUT2D eigenvalue weighted by Gasteiger charge is 2.19. The van der Waals surface area contributed by atoms with Gasteiger partial charge < -0.3 is 4.90 Å². The van der Waals surface area contributed by atoms with Gasteiger partial charge in [0.15, 0.2) is 0 Å². The number of thioether (sulfide) groups is 1. The van der Waals surface area contributed by atoms with Crippen molar-refractivity contribution in [1.82, 2.24) is 4.90 Å². The fourth-order valence-corrected chi connectivity index (χ4v) is 1.65. The van der Waals surface area contributed by atoms with Crippen LogP contribution in [0.15, 0.2) is 0 Å². The molecule has 0 radical (unpaired) electrons. The van der Waals surface area contributed by atoms with Gasteiger partial charge in [0.05, 0.1) is 5.88 Å². The third kappa shape index (κ3) is 1.61. The highest BCUT2D eigenvalue weighted by Crippen LogP contribution is 2.20. The average Bonchev–Trinajstić information content (AvgIpc) is 1.80. The van der Waals surface area contributed by atoms with Crippen LogP contribution in [0.3, 0.4) is 0 Å². The Morgan fingerprint density at radius 3 is 2.89 bits per heavy atom. The fraction of sp³-hybridized carbons (Fsp3) is 0.833. The number of carbonyl (C=O) groups excluding carboxylic acids is 1. The summed E-state index contributed by atoms with van der Waals surface area (Å²) in [6.07, 6.45) is 0.709. The summed E-state index contributed by atoms with van der Waals surface area (Å²) >= 11 is 1.84. The molecular weight excluding hydrogens is 134 g/mol. The van der Waals surface area contributed by atoms with Crippen LogP contribution in [0.1, 0.15) is 13.3 Å². The van der Waals surface area contributed by atoms with Crippen LogP contribution < -0.4 is 0 Å². The highest BCUT2D eigenvalue weighted by molar-refractivity contribution is 7.99. The molecule has 0 N–H and O–H groups in total. The van der Waals surface area contributed by atoms with Crippen molar-refractivity contribution >= 4 is 17.7 Å². The molecule has 1 unspecified atom stereocenters. The molecule has 0 aromatic carbocycles. The lowest BCUT2D eigenvalue weighted by Crippen LogP contribution is -2.33. The number of amides is 1. The zero-order chi connectivity index (χ0) is 6.85. The van der Waals surface area contributed by atoms with E-state index in [0.717, 1.165) is 5.88 Å². The Labute approximate surface area is 59.6 Å². The lowest BCUT2D eigenvalue weighted by molar-refractivity contribution is -0.129. The van der Waals surface area contributed by atoms with Gasteiger partial charge in [0, 0.05) is 18.7 Å². The van der Waals surface area contributed by atoms with E-state index in [1.807, 2.05) is 18.8 Å². The van der Waals surface area contributed by atoms with Gasteiger partial charge in [-0.2, -0.15) is 0 Å². The first-order valence-electron chi connectivity index (χ1n) is 3.05. The molecule has 52 valence electrons. The van der Waals surface area contributed by atoms with Gasteiger partial charge in [0.1, 0.15) is 0 Å². The third-order valence-corrected chi connectivity index (χ3v) is 2.71. The maximum Gasteiger partial charge on any atom is 0.224 e. The second-order valence-corrected chi connectivity index (χ2v) is 3.80. The molecule has 9 heavy (non-hydrogen) atoms. The Hall–Kier alpha value is -0.180. The zero-order valence-electron chi connectivity index (χ0n) is 5.76. The monoisotopic (exact) mass is 145 g/mol. The number of carbonyl (C=O) groups is 1. The van der Waals surface area contributed by atoms with Gasteiger partial charge in [-0.1, -0.05) is 6.92 Å². The van der Waals surface area contributed by atoms with E-state index in [2.05, 4.69) is 6.92 Å². The molecule has 1 heterocycles. The summed E-state index contributed by atoms with van der Waals surface area (Å²) in [7, 11) is 1.85. The Kier molecular flexibility index (Phi) is 2.01. The topological polar surface area (TPSA) is 20.3 Å². The van der Waals surface area contributed by atoms with Crippen molar-refractivity contribution in [2.75, 3.05) is 12.9 Å². The van der Waals surface area contributed by atoms with Gasteiger partial charge in [-0.3, -0.25) is 4.79 Å². The quantitative estimate of drug-likeness (QED) is 0.505. The van der Waals surface area contributed by atoms with Crippen LogP contribution in [0, 0.1) is 0 Å². The summed E-state index contributed by atoms with van der Waals surface area (Å²) in [5.74, 6) is 1.14. The van der Waals surface area contributed by atoms with Gasteiger partial charge in [-0.25, -0.2) is 0 Å². The average molecular weight is 145 g/mol. The number of hydrogen-bond acceptors (Lipinski definition) is 2. The van der Waals surface area contributed by atoms with Crippen LogP contribution in [-0.4, -0.2) is 29.0 Å². The van der Waals surface area contributed by atoms with E-state index in [-0.39, 0.29) is 5.91 Å². The molecule has 1 atom stereocenters. The van der Waals surface area contributed by atoms with E-state index < -0.39 is 0 Å². The summed E-state index contributed by atoms with van der Waals surface area (Å²) in [4.78, 5) is 12.7. The van der Waals surface area contributed by atoms with Crippen molar-refractivity contribution in [2.24, 2.45) is 0 Å². The molecule has 1 saturated heterocycles. The largest absolute Gasteiger partial charge is 0.336 e. The molecule has 0 aromatic rings. The first-order valence-corrected chi connectivity index (χ1v) is 4.10. The summed E-state index contributed by atoms with van der Waals surface area (Å²) < 4.78 is 0. The Balaban J connectivity index is 2.44. The molecule has 1 amide bonds. The first kappa shape index (κ1) is 6.93. The van der Waals surface area contributed by atoms with E-state index in [1.54, 1.807) is 4.90 Å². The smallest absolute Gasteiger partial charge is 0.224 e. The predicted molar refractivity (Wildman–Crippen MR) is 39.3 cm³/mol. The summed E-state index contributed by atoms with van der Waals surface area (Å²) in [5, 5.41) is 0.522. The predicted octanol–water partition coefficient (Wildman–Crippen LogP) is 0.928. The second-order valence-electron chi connectivity index (χ2n) is 2.40. The van der Waals surface area contributed by atoms with Gasteiger partial charge in [-0.05, 0) is 0 Å². The molecule has 2 nitrogen and oxygen atoms in total. The van der Waals surface area contributed by atoms with Gasteiger partial charge in [0.2, 0.25) is 5.91 Å².